The molecule has 2 aliphatic rings. The highest BCUT2D eigenvalue weighted by Gasteiger charge is 2.38. The van der Waals surface area contributed by atoms with Crippen molar-refractivity contribution in [1.29, 1.82) is 0 Å². The van der Waals surface area contributed by atoms with Gasteiger partial charge in [-0.05, 0) is 56.7 Å². The molecule has 0 amide bonds. The Kier molecular flexibility index (Phi) is 5.46. The minimum absolute atomic E-state index is 0.765. The van der Waals surface area contributed by atoms with Gasteiger partial charge in [0.25, 0.3) is 0 Å². The molecule has 1 saturated carbocycles. The molecule has 0 aromatic heterocycles. The maximum absolute atomic E-state index is 5.28. The number of rotatable bonds is 7. The molecule has 3 heteroatoms. The Morgan fingerprint density at radius 1 is 1.28 bits per heavy atom. The first-order chi connectivity index (χ1) is 8.70. The molecule has 3 atom stereocenters. The van der Waals surface area contributed by atoms with E-state index in [1.165, 1.54) is 38.9 Å². The fourth-order valence-electron chi connectivity index (χ4n) is 3.36. The second-order valence-electron chi connectivity index (χ2n) is 6.56. The molecule has 0 aromatic carbocycles. The summed E-state index contributed by atoms with van der Waals surface area (Å²) in [4.78, 5) is 2.72. The molecule has 1 aliphatic carbocycles. The lowest BCUT2D eigenvalue weighted by Gasteiger charge is -2.43. The van der Waals surface area contributed by atoms with Crippen LogP contribution in [-0.4, -0.2) is 50.8 Å². The number of nitrogens with one attached hydrogen (secondary N) is 1. The standard InChI is InChI=1S/C15H30N2O/c1-12(2)8-16-9-14-4-5-15(14)17-7-6-13(10-17)11-18-3/h12-16H,4-11H2,1-3H3. The predicted molar refractivity (Wildman–Crippen MR) is 75.8 cm³/mol. The van der Waals surface area contributed by atoms with E-state index in [-0.39, 0.29) is 0 Å². The second kappa shape index (κ2) is 6.88. The number of methoxy groups -OCH3 is 1. The molecular formula is C15H30N2O. The number of nitrogens with zero attached hydrogens (tertiary/aromatic N) is 1. The average molecular weight is 254 g/mol. The van der Waals surface area contributed by atoms with Crippen molar-refractivity contribution in [3.63, 3.8) is 0 Å². The van der Waals surface area contributed by atoms with Crippen LogP contribution in [0.25, 0.3) is 0 Å². The lowest BCUT2D eigenvalue weighted by molar-refractivity contribution is 0.0722. The van der Waals surface area contributed by atoms with Crippen LogP contribution in [0.2, 0.25) is 0 Å². The van der Waals surface area contributed by atoms with Gasteiger partial charge in [0.05, 0.1) is 6.61 Å². The molecule has 3 nitrogen and oxygen atoms in total. The Morgan fingerprint density at radius 3 is 2.72 bits per heavy atom. The molecule has 1 aliphatic heterocycles. The third-order valence-corrected chi connectivity index (χ3v) is 4.53. The molecule has 0 radical (unpaired) electrons. The molecule has 106 valence electrons. The highest BCUT2D eigenvalue weighted by atomic mass is 16.5. The van der Waals surface area contributed by atoms with Gasteiger partial charge in [0.1, 0.15) is 0 Å². The number of hydrogen-bond donors (Lipinski definition) is 1. The fourth-order valence-corrected chi connectivity index (χ4v) is 3.36. The quantitative estimate of drug-likeness (QED) is 0.752. The molecule has 1 saturated heterocycles. The Bertz CT molecular complexity index is 245. The lowest BCUT2D eigenvalue weighted by Crippen LogP contribution is -2.50. The van der Waals surface area contributed by atoms with E-state index in [2.05, 4.69) is 24.1 Å². The van der Waals surface area contributed by atoms with Gasteiger partial charge < -0.3 is 10.1 Å². The predicted octanol–water partition coefficient (Wildman–Crippen LogP) is 1.98. The van der Waals surface area contributed by atoms with Crippen molar-refractivity contribution in [3.05, 3.63) is 0 Å². The molecule has 0 aromatic rings. The summed E-state index contributed by atoms with van der Waals surface area (Å²) in [5.74, 6) is 2.44. The third-order valence-electron chi connectivity index (χ3n) is 4.53. The summed E-state index contributed by atoms with van der Waals surface area (Å²) in [7, 11) is 1.82. The van der Waals surface area contributed by atoms with Gasteiger partial charge in [-0.15, -0.1) is 0 Å². The fraction of sp³-hybridized carbons (Fsp3) is 1.00. The first kappa shape index (κ1) is 14.3. The molecule has 18 heavy (non-hydrogen) atoms. The Hall–Kier alpha value is -0.120. The van der Waals surface area contributed by atoms with Gasteiger partial charge in [0, 0.05) is 19.7 Å². The molecule has 0 spiro atoms. The molecule has 2 fully saturated rings. The van der Waals surface area contributed by atoms with Gasteiger partial charge in [-0.1, -0.05) is 13.8 Å². The van der Waals surface area contributed by atoms with Gasteiger partial charge in [0.2, 0.25) is 0 Å². The van der Waals surface area contributed by atoms with Crippen LogP contribution in [0.5, 0.6) is 0 Å². The molecule has 1 heterocycles. The summed E-state index contributed by atoms with van der Waals surface area (Å²) < 4.78 is 5.28. The van der Waals surface area contributed by atoms with Gasteiger partial charge in [0.15, 0.2) is 0 Å². The van der Waals surface area contributed by atoms with Crippen LogP contribution in [0.3, 0.4) is 0 Å². The summed E-state index contributed by atoms with van der Waals surface area (Å²) in [6.07, 6.45) is 4.16. The Labute approximate surface area is 112 Å². The lowest BCUT2D eigenvalue weighted by atomic mass is 9.78. The summed E-state index contributed by atoms with van der Waals surface area (Å²) in [6, 6.07) is 0.853. The van der Waals surface area contributed by atoms with Crippen LogP contribution in [-0.2, 0) is 4.74 Å². The zero-order chi connectivity index (χ0) is 13.0. The highest BCUT2D eigenvalue weighted by molar-refractivity contribution is 4.93. The van der Waals surface area contributed by atoms with Crippen LogP contribution < -0.4 is 5.32 Å². The molecular weight excluding hydrogens is 224 g/mol. The van der Waals surface area contributed by atoms with Crippen molar-refractivity contribution < 1.29 is 4.74 Å². The van der Waals surface area contributed by atoms with E-state index in [0.717, 1.165) is 36.9 Å². The van der Waals surface area contributed by atoms with E-state index in [4.69, 9.17) is 4.74 Å². The Balaban J connectivity index is 1.67. The largest absolute Gasteiger partial charge is 0.384 e. The van der Waals surface area contributed by atoms with Crippen LogP contribution in [0.1, 0.15) is 33.1 Å². The van der Waals surface area contributed by atoms with E-state index in [1.54, 1.807) is 0 Å². The zero-order valence-corrected chi connectivity index (χ0v) is 12.3. The number of ether oxygens (including phenoxy) is 1. The van der Waals surface area contributed by atoms with Gasteiger partial charge in [-0.2, -0.15) is 0 Å². The van der Waals surface area contributed by atoms with Crippen LogP contribution in [0.15, 0.2) is 0 Å². The van der Waals surface area contributed by atoms with Crippen molar-refractivity contribution in [2.45, 2.75) is 39.2 Å². The third kappa shape index (κ3) is 3.69. The minimum Gasteiger partial charge on any atom is -0.384 e. The molecule has 1 N–H and O–H groups in total. The monoisotopic (exact) mass is 254 g/mol. The van der Waals surface area contributed by atoms with E-state index in [0.29, 0.717) is 0 Å². The first-order valence-corrected chi connectivity index (χ1v) is 7.64. The van der Waals surface area contributed by atoms with Crippen LogP contribution in [0, 0.1) is 17.8 Å². The van der Waals surface area contributed by atoms with Crippen LogP contribution in [0.4, 0.5) is 0 Å². The normalized spacial score (nSPS) is 33.0. The highest BCUT2D eigenvalue weighted by Crippen LogP contribution is 2.34. The van der Waals surface area contributed by atoms with Crippen molar-refractivity contribution in [1.82, 2.24) is 10.2 Å². The van der Waals surface area contributed by atoms with Crippen molar-refractivity contribution >= 4 is 0 Å². The van der Waals surface area contributed by atoms with E-state index in [9.17, 15) is 0 Å². The number of hydrogen-bond acceptors (Lipinski definition) is 3. The van der Waals surface area contributed by atoms with E-state index < -0.39 is 0 Å². The van der Waals surface area contributed by atoms with Crippen molar-refractivity contribution in [2.75, 3.05) is 39.9 Å². The summed E-state index contributed by atoms with van der Waals surface area (Å²) >= 11 is 0. The van der Waals surface area contributed by atoms with Gasteiger partial charge >= 0.3 is 0 Å². The first-order valence-electron chi connectivity index (χ1n) is 7.64. The smallest absolute Gasteiger partial charge is 0.0503 e. The minimum atomic E-state index is 0.765. The van der Waals surface area contributed by atoms with E-state index in [1.807, 2.05) is 7.11 Å². The summed E-state index contributed by atoms with van der Waals surface area (Å²) in [6.45, 7) is 10.4. The maximum Gasteiger partial charge on any atom is 0.0503 e. The average Bonchev–Trinajstić information content (AvgIpc) is 2.71. The summed E-state index contributed by atoms with van der Waals surface area (Å²) in [5, 5.41) is 3.63. The SMILES string of the molecule is COCC1CCN(C2CCC2CNCC(C)C)C1. The van der Waals surface area contributed by atoms with Crippen molar-refractivity contribution in [2.24, 2.45) is 17.8 Å². The number of likely N-dealkylation sites (tertiary alicyclic amines) is 1. The summed E-state index contributed by atoms with van der Waals surface area (Å²) in [5.41, 5.74) is 0. The maximum atomic E-state index is 5.28. The molecule has 0 bridgehead atoms. The molecule has 3 unspecified atom stereocenters. The topological polar surface area (TPSA) is 24.5 Å². The van der Waals surface area contributed by atoms with Gasteiger partial charge in [-0.3, -0.25) is 4.90 Å². The zero-order valence-electron chi connectivity index (χ0n) is 12.3. The Morgan fingerprint density at radius 2 is 2.11 bits per heavy atom. The molecule has 2 rings (SSSR count). The van der Waals surface area contributed by atoms with Crippen LogP contribution >= 0.6 is 0 Å². The second-order valence-corrected chi connectivity index (χ2v) is 6.56. The van der Waals surface area contributed by atoms with Gasteiger partial charge in [-0.25, -0.2) is 0 Å². The van der Waals surface area contributed by atoms with E-state index >= 15 is 0 Å². The van der Waals surface area contributed by atoms with Crippen molar-refractivity contribution in [3.8, 4) is 0 Å².